The highest BCUT2D eigenvalue weighted by Crippen LogP contribution is 2.33. The Bertz CT molecular complexity index is 5280. The number of rotatable bonds is 19. The van der Waals surface area contributed by atoms with E-state index in [0.29, 0.717) is 67.6 Å². The average molecular weight is 1610 g/mol. The molecule has 4 heterocycles. The number of imidazole rings is 3. The highest BCUT2D eigenvalue weighted by molar-refractivity contribution is 6.32. The Morgan fingerprint density at radius 1 is 0.527 bits per heavy atom. The Morgan fingerprint density at radius 3 is 1.32 bits per heavy atom. The van der Waals surface area contributed by atoms with Crippen molar-refractivity contribution in [2.24, 2.45) is 0 Å². The second-order valence-electron chi connectivity index (χ2n) is 24.4. The minimum atomic E-state index is -0.482. The summed E-state index contributed by atoms with van der Waals surface area (Å²) in [5, 5.41) is 40.1. The SMILES string of the molecule is CC(=O)N(CCOC1CCCCO1)c1ccc(-n2cnc3ccc(Cl)cc32)cc1.CC(=O)Nc1ccc(-n2cnc3ccc(Cl)cc32)cc1.CC(=O)Nc1ccc(Nc2cc(Cl)ccc2N)cc1.CC(=O)Nc1ccc(Nc2cc(Cl)ccc2[N+](=O)[O-])cc1.Cl.OCCNc1ccc(-n2cnc3ccc(Cl)cc32)cc1. The normalized spacial score (nSPS) is 12.0. The number of anilines is 10. The number of fused-ring (bicyclic) bond motifs is 3. The van der Waals surface area contributed by atoms with Crippen LogP contribution in [0.15, 0.2) is 231 Å². The number of nitro benzene ring substituents is 1. The Hall–Kier alpha value is -11.3. The van der Waals surface area contributed by atoms with Crippen LogP contribution in [0.2, 0.25) is 25.1 Å². The monoisotopic (exact) mass is 1600 g/mol. The van der Waals surface area contributed by atoms with Crippen LogP contribution in [0, 0.1) is 10.1 Å². The summed E-state index contributed by atoms with van der Waals surface area (Å²) in [5.41, 5.74) is 21.4. The van der Waals surface area contributed by atoms with E-state index in [-0.39, 0.29) is 54.6 Å². The number of nitrogens with two attached hydrogens (primary N) is 1. The fourth-order valence-electron chi connectivity index (χ4n) is 11.2. The van der Waals surface area contributed by atoms with Crippen molar-refractivity contribution >= 4 is 190 Å². The summed E-state index contributed by atoms with van der Waals surface area (Å²) in [6.07, 6.45) is 8.29. The molecule has 0 radical (unpaired) electrons. The first-order chi connectivity index (χ1) is 52.5. The molecule has 9 N–H and O–H groups in total. The zero-order chi connectivity index (χ0) is 77.5. The van der Waals surface area contributed by atoms with Crippen molar-refractivity contribution in [3.05, 3.63) is 267 Å². The van der Waals surface area contributed by atoms with Crippen LogP contribution in [0.4, 0.5) is 62.6 Å². The Morgan fingerprint density at radius 2 is 0.909 bits per heavy atom. The van der Waals surface area contributed by atoms with Gasteiger partial charge in [-0.15, -0.1) is 12.4 Å². The molecule has 4 amide bonds. The molecule has 10 aromatic carbocycles. The van der Waals surface area contributed by atoms with E-state index in [1.54, 1.807) is 73.3 Å². The molecule has 0 bridgehead atoms. The minimum absolute atomic E-state index is 0. The third kappa shape index (κ3) is 23.9. The van der Waals surface area contributed by atoms with E-state index in [4.69, 9.17) is 78.3 Å². The van der Waals surface area contributed by atoms with E-state index in [2.05, 4.69) is 46.9 Å². The molecule has 1 aliphatic rings. The summed E-state index contributed by atoms with van der Waals surface area (Å²) >= 11 is 30.0. The largest absolute Gasteiger partial charge is 0.397 e. The fourth-order valence-corrected chi connectivity index (χ4v) is 12.0. The number of halogens is 6. The Kier molecular flexibility index (Phi) is 30.3. The van der Waals surface area contributed by atoms with Gasteiger partial charge < -0.3 is 57.1 Å². The number of carbonyl (C=O) groups excluding carboxylic acids is 4. The van der Waals surface area contributed by atoms with Crippen LogP contribution in [0.3, 0.4) is 0 Å². The van der Waals surface area contributed by atoms with Gasteiger partial charge in [0.25, 0.3) is 5.69 Å². The van der Waals surface area contributed by atoms with Crippen molar-refractivity contribution in [3.63, 3.8) is 0 Å². The highest BCUT2D eigenvalue weighted by Gasteiger charge is 2.19. The van der Waals surface area contributed by atoms with Gasteiger partial charge in [-0.2, -0.15) is 0 Å². The number of hydrogen-bond acceptors (Lipinski definition) is 16. The molecule has 110 heavy (non-hydrogen) atoms. The molecular formula is C80H77Cl6N15O9. The number of nitro groups is 1. The van der Waals surface area contributed by atoms with Crippen molar-refractivity contribution in [1.82, 2.24) is 28.7 Å². The van der Waals surface area contributed by atoms with Crippen LogP contribution in [0.1, 0.15) is 47.0 Å². The van der Waals surface area contributed by atoms with E-state index >= 15 is 0 Å². The van der Waals surface area contributed by atoms with Gasteiger partial charge in [0.1, 0.15) is 24.7 Å². The van der Waals surface area contributed by atoms with Gasteiger partial charge in [0.2, 0.25) is 23.6 Å². The molecule has 568 valence electrons. The minimum Gasteiger partial charge on any atom is -0.397 e. The first-order valence-corrected chi connectivity index (χ1v) is 36.0. The lowest BCUT2D eigenvalue weighted by Gasteiger charge is -2.25. The number of carbonyl (C=O) groups is 4. The van der Waals surface area contributed by atoms with E-state index in [1.165, 1.54) is 39.0 Å². The summed E-state index contributed by atoms with van der Waals surface area (Å²) < 4.78 is 17.3. The highest BCUT2D eigenvalue weighted by atomic mass is 35.5. The number of ether oxygens (including phenoxy) is 2. The van der Waals surface area contributed by atoms with E-state index in [0.717, 1.165) is 110 Å². The summed E-state index contributed by atoms with van der Waals surface area (Å²) in [7, 11) is 0. The van der Waals surface area contributed by atoms with Gasteiger partial charge in [-0.1, -0.05) is 58.0 Å². The maximum Gasteiger partial charge on any atom is 0.292 e. The van der Waals surface area contributed by atoms with Crippen LogP contribution in [0.5, 0.6) is 0 Å². The zero-order valence-corrected chi connectivity index (χ0v) is 64.4. The van der Waals surface area contributed by atoms with Crippen molar-refractivity contribution < 1.29 is 38.7 Å². The van der Waals surface area contributed by atoms with Crippen LogP contribution < -0.4 is 42.5 Å². The van der Waals surface area contributed by atoms with Gasteiger partial charge in [-0.3, -0.25) is 43.0 Å². The first-order valence-electron chi connectivity index (χ1n) is 34.1. The topological polar surface area (TPSA) is 305 Å². The van der Waals surface area contributed by atoms with Gasteiger partial charge in [0.05, 0.1) is 62.6 Å². The van der Waals surface area contributed by atoms with Crippen molar-refractivity contribution in [2.45, 2.75) is 53.2 Å². The number of benzene rings is 10. The lowest BCUT2D eigenvalue weighted by molar-refractivity contribution is -0.383. The number of aliphatic hydroxyl groups excluding tert-OH is 1. The average Bonchev–Trinajstić information content (AvgIpc) is 1.67. The van der Waals surface area contributed by atoms with Crippen molar-refractivity contribution in [3.8, 4) is 17.1 Å². The van der Waals surface area contributed by atoms with Gasteiger partial charge in [0.15, 0.2) is 6.29 Å². The third-order valence-corrected chi connectivity index (χ3v) is 17.5. The lowest BCUT2D eigenvalue weighted by Crippen LogP contribution is -2.34. The standard InChI is InChI=1S/C22H24ClN3O3.C15H12ClN3O.C15H14ClN3O.C14H12ClN3O3.C14H14ClN3O.ClH/c1-16(27)25(11-13-29-22-4-2-3-12-28-22)18-6-8-19(9-7-18)26-15-24-20-10-5-17(23)14-21(20)26;1-10(20)18-12-3-5-13(6-4-12)19-9-17-14-7-2-11(16)8-15(14)19;16-11-1-6-14-15(9-11)19(10-18-14)13-4-2-12(3-5-13)17-7-8-20;1-9(19)16-11-3-5-12(6-4-11)17-13-8-10(15)2-7-14(13)18(20)21;1-9(19)17-11-3-5-12(6-4-11)18-14-8-10(15)2-7-13(14)16;/h5-10,14-15,22H,2-4,11-13H2,1H3;2-9H,1H3,(H,18,20);1-6,9-10,17,20H,7-8H2;2-8,17H,1H3,(H,16,19);2-8,18H,16H2,1H3,(H,17,19);1H. The van der Waals surface area contributed by atoms with Crippen LogP contribution in [-0.2, 0) is 28.7 Å². The first kappa shape index (κ1) is 82.8. The molecule has 1 saturated heterocycles. The van der Waals surface area contributed by atoms with Gasteiger partial charge in [-0.25, -0.2) is 15.0 Å². The number of nitrogens with zero attached hydrogens (tertiary/aromatic N) is 8. The number of hydrogen-bond donors (Lipinski definition) is 8. The van der Waals surface area contributed by atoms with E-state index < -0.39 is 4.92 Å². The molecule has 1 atom stereocenters. The van der Waals surface area contributed by atoms with Gasteiger partial charge in [-0.05, 0) is 226 Å². The number of aromatic nitrogens is 6. The fraction of sp³-hybridized carbons (Fsp3) is 0.163. The summed E-state index contributed by atoms with van der Waals surface area (Å²) in [6.45, 7) is 8.27. The quantitative estimate of drug-likeness (QED) is 0.0212. The van der Waals surface area contributed by atoms with Crippen LogP contribution in [0.25, 0.3) is 50.2 Å². The maximum atomic E-state index is 12.2. The number of aliphatic hydroxyl groups is 1. The van der Waals surface area contributed by atoms with Gasteiger partial charge >= 0.3 is 0 Å². The molecule has 1 fully saturated rings. The van der Waals surface area contributed by atoms with Crippen LogP contribution in [-0.4, -0.2) is 102 Å². The number of nitrogen functional groups attached to an aromatic ring is 1. The molecule has 0 aliphatic carbocycles. The molecule has 14 rings (SSSR count). The molecule has 3 aromatic heterocycles. The summed E-state index contributed by atoms with van der Waals surface area (Å²) in [5.74, 6) is -0.371. The third-order valence-electron chi connectivity index (χ3n) is 16.3. The lowest BCUT2D eigenvalue weighted by atomic mass is 10.2. The second kappa shape index (κ2) is 40.2. The maximum absolute atomic E-state index is 12.2. The van der Waals surface area contributed by atoms with Crippen LogP contribution >= 0.6 is 70.4 Å². The predicted octanol–water partition coefficient (Wildman–Crippen LogP) is 19.3. The Balaban J connectivity index is 0.000000159. The Labute approximate surface area is 665 Å². The van der Waals surface area contributed by atoms with Gasteiger partial charge in [0, 0.05) is 135 Å². The number of amides is 4. The van der Waals surface area contributed by atoms with E-state index in [9.17, 15) is 29.3 Å². The molecule has 30 heteroatoms. The number of nitrogens with one attached hydrogen (secondary N) is 6. The van der Waals surface area contributed by atoms with Crippen molar-refractivity contribution in [2.75, 3.05) is 75.4 Å². The molecule has 24 nitrogen and oxygen atoms in total. The zero-order valence-electron chi connectivity index (χ0n) is 59.8. The second-order valence-corrected chi connectivity index (χ2v) is 26.6. The summed E-state index contributed by atoms with van der Waals surface area (Å²) in [6, 6.07) is 63.8. The van der Waals surface area contributed by atoms with Crippen molar-refractivity contribution in [1.29, 1.82) is 0 Å². The molecule has 1 unspecified atom stereocenters. The molecule has 0 spiro atoms. The molecule has 13 aromatic rings. The summed E-state index contributed by atoms with van der Waals surface area (Å²) in [4.78, 5) is 70.3. The molecule has 1 aliphatic heterocycles. The predicted molar refractivity (Wildman–Crippen MR) is 445 cm³/mol. The molecular weight excluding hydrogens is 1530 g/mol. The smallest absolute Gasteiger partial charge is 0.292 e. The van der Waals surface area contributed by atoms with E-state index in [1.807, 2.05) is 165 Å². The molecule has 0 saturated carbocycles.